The molecule has 1 fully saturated rings. The summed E-state index contributed by atoms with van der Waals surface area (Å²) in [6.07, 6.45) is 0.495. The molecule has 5 nitrogen and oxygen atoms in total. The van der Waals surface area contributed by atoms with Crippen molar-refractivity contribution in [3.63, 3.8) is 0 Å². The number of nitrogens with two attached hydrogens (primary N) is 1. The van der Waals surface area contributed by atoms with Gasteiger partial charge in [-0.15, -0.1) is 0 Å². The molecule has 1 atom stereocenters. The first-order valence-corrected chi connectivity index (χ1v) is 7.21. The largest absolute Gasteiger partial charge is 0.354 e. The second kappa shape index (κ2) is 6.68. The molecule has 0 aromatic carbocycles. The summed E-state index contributed by atoms with van der Waals surface area (Å²) in [5.74, 6) is 0.0992. The Kier molecular flexibility index (Phi) is 5.77. The second-order valence-corrected chi connectivity index (χ2v) is 6.52. The standard InChI is InChI=1S/C14H30N4O/c1-11(2)16-13(19)8-12(9-15)18-7-6-17(5)14(3,4)10-18/h11-12H,6-10,15H2,1-5H3,(H,16,19). The first-order valence-electron chi connectivity index (χ1n) is 7.21. The van der Waals surface area contributed by atoms with Crippen LogP contribution in [0.4, 0.5) is 0 Å². The van der Waals surface area contributed by atoms with Crippen LogP contribution in [0, 0.1) is 0 Å². The van der Waals surface area contributed by atoms with Gasteiger partial charge in [0.25, 0.3) is 0 Å². The first-order chi connectivity index (χ1) is 8.76. The van der Waals surface area contributed by atoms with Gasteiger partial charge in [-0.3, -0.25) is 14.6 Å². The number of carbonyl (C=O) groups is 1. The van der Waals surface area contributed by atoms with Gasteiger partial charge in [0, 0.05) is 50.2 Å². The number of hydrogen-bond donors (Lipinski definition) is 2. The highest BCUT2D eigenvalue weighted by Crippen LogP contribution is 2.21. The van der Waals surface area contributed by atoms with E-state index in [0.29, 0.717) is 13.0 Å². The molecule has 0 aromatic heterocycles. The summed E-state index contributed by atoms with van der Waals surface area (Å²) in [5, 5.41) is 2.94. The SMILES string of the molecule is CC(C)NC(=O)CC(CN)N1CCN(C)C(C)(C)C1. The Labute approximate surface area is 117 Å². The lowest BCUT2D eigenvalue weighted by Gasteiger charge is -2.47. The third-order valence-electron chi connectivity index (χ3n) is 4.01. The summed E-state index contributed by atoms with van der Waals surface area (Å²) >= 11 is 0. The van der Waals surface area contributed by atoms with Crippen LogP contribution in [0.2, 0.25) is 0 Å². The molecule has 1 rings (SSSR count). The Hall–Kier alpha value is -0.650. The van der Waals surface area contributed by atoms with Crippen molar-refractivity contribution in [3.05, 3.63) is 0 Å². The topological polar surface area (TPSA) is 61.6 Å². The summed E-state index contributed by atoms with van der Waals surface area (Å²) in [4.78, 5) is 16.6. The molecule has 0 saturated carbocycles. The molecule has 1 saturated heterocycles. The van der Waals surface area contributed by atoms with Gasteiger partial charge >= 0.3 is 0 Å². The van der Waals surface area contributed by atoms with Gasteiger partial charge in [0.1, 0.15) is 0 Å². The molecule has 19 heavy (non-hydrogen) atoms. The highest BCUT2D eigenvalue weighted by atomic mass is 16.1. The van der Waals surface area contributed by atoms with E-state index in [4.69, 9.17) is 5.73 Å². The summed E-state index contributed by atoms with van der Waals surface area (Å²) in [7, 11) is 2.15. The molecule has 112 valence electrons. The van der Waals surface area contributed by atoms with E-state index in [2.05, 4.69) is 36.0 Å². The number of rotatable bonds is 5. The number of hydrogen-bond acceptors (Lipinski definition) is 4. The summed E-state index contributed by atoms with van der Waals surface area (Å²) < 4.78 is 0. The van der Waals surface area contributed by atoms with E-state index < -0.39 is 0 Å². The maximum absolute atomic E-state index is 11.9. The van der Waals surface area contributed by atoms with Gasteiger partial charge in [-0.05, 0) is 34.7 Å². The average Bonchev–Trinajstić information content (AvgIpc) is 2.28. The zero-order valence-corrected chi connectivity index (χ0v) is 13.1. The van der Waals surface area contributed by atoms with Crippen molar-refractivity contribution in [3.8, 4) is 0 Å². The molecule has 3 N–H and O–H groups in total. The molecule has 0 radical (unpaired) electrons. The molecule has 1 unspecified atom stereocenters. The van der Waals surface area contributed by atoms with E-state index in [0.717, 1.165) is 19.6 Å². The molecule has 1 aliphatic heterocycles. The summed E-state index contributed by atoms with van der Waals surface area (Å²) in [5.41, 5.74) is 6.01. The van der Waals surface area contributed by atoms with Crippen molar-refractivity contribution in [2.75, 3.05) is 33.2 Å². The van der Waals surface area contributed by atoms with E-state index in [9.17, 15) is 4.79 Å². The van der Waals surface area contributed by atoms with Crippen LogP contribution < -0.4 is 11.1 Å². The van der Waals surface area contributed by atoms with Gasteiger partial charge in [0.2, 0.25) is 5.91 Å². The predicted octanol–water partition coefficient (Wildman–Crippen LogP) is 0.254. The lowest BCUT2D eigenvalue weighted by molar-refractivity contribution is -0.123. The number of amides is 1. The van der Waals surface area contributed by atoms with E-state index in [1.165, 1.54) is 0 Å². The zero-order valence-electron chi connectivity index (χ0n) is 13.1. The number of nitrogens with zero attached hydrogens (tertiary/aromatic N) is 2. The lowest BCUT2D eigenvalue weighted by atomic mass is 9.97. The predicted molar refractivity (Wildman–Crippen MR) is 79.0 cm³/mol. The Morgan fingerprint density at radius 1 is 1.37 bits per heavy atom. The third-order valence-corrected chi connectivity index (χ3v) is 4.01. The number of piperazine rings is 1. The number of carbonyl (C=O) groups excluding carboxylic acids is 1. The number of nitrogens with one attached hydrogen (secondary N) is 1. The van der Waals surface area contributed by atoms with E-state index in [-0.39, 0.29) is 23.5 Å². The monoisotopic (exact) mass is 270 g/mol. The van der Waals surface area contributed by atoms with E-state index in [1.807, 2.05) is 13.8 Å². The quantitative estimate of drug-likeness (QED) is 0.752. The molecule has 0 aliphatic carbocycles. The van der Waals surface area contributed by atoms with Gasteiger partial charge in [0.05, 0.1) is 0 Å². The number of likely N-dealkylation sites (N-methyl/N-ethyl adjacent to an activating group) is 1. The minimum absolute atomic E-state index is 0.0992. The minimum Gasteiger partial charge on any atom is -0.354 e. The van der Waals surface area contributed by atoms with Crippen molar-refractivity contribution in [1.29, 1.82) is 0 Å². The van der Waals surface area contributed by atoms with Crippen molar-refractivity contribution in [2.45, 2.75) is 51.7 Å². The maximum Gasteiger partial charge on any atom is 0.221 e. The van der Waals surface area contributed by atoms with Crippen LogP contribution in [-0.4, -0.2) is 66.6 Å². The Morgan fingerprint density at radius 2 is 2.00 bits per heavy atom. The van der Waals surface area contributed by atoms with Crippen LogP contribution in [0.25, 0.3) is 0 Å². The average molecular weight is 270 g/mol. The maximum atomic E-state index is 11.9. The van der Waals surface area contributed by atoms with Gasteiger partial charge in [-0.25, -0.2) is 0 Å². The molecule has 1 aliphatic rings. The van der Waals surface area contributed by atoms with Crippen LogP contribution in [0.5, 0.6) is 0 Å². The van der Waals surface area contributed by atoms with Crippen LogP contribution >= 0.6 is 0 Å². The molecule has 1 heterocycles. The van der Waals surface area contributed by atoms with Crippen molar-refractivity contribution in [2.24, 2.45) is 5.73 Å². The van der Waals surface area contributed by atoms with Crippen molar-refractivity contribution < 1.29 is 4.79 Å². The van der Waals surface area contributed by atoms with Gasteiger partial charge < -0.3 is 11.1 Å². The minimum atomic E-state index is 0.0992. The fourth-order valence-corrected chi connectivity index (χ4v) is 2.55. The van der Waals surface area contributed by atoms with Crippen LogP contribution in [-0.2, 0) is 4.79 Å². The second-order valence-electron chi connectivity index (χ2n) is 6.52. The van der Waals surface area contributed by atoms with E-state index >= 15 is 0 Å². The summed E-state index contributed by atoms with van der Waals surface area (Å²) in [6.45, 7) is 11.9. The molecular weight excluding hydrogens is 240 g/mol. The van der Waals surface area contributed by atoms with Gasteiger partial charge in [-0.1, -0.05) is 0 Å². The fraction of sp³-hybridized carbons (Fsp3) is 0.929. The van der Waals surface area contributed by atoms with Gasteiger partial charge in [0.15, 0.2) is 0 Å². The first kappa shape index (κ1) is 16.4. The third kappa shape index (κ3) is 4.75. The van der Waals surface area contributed by atoms with Crippen LogP contribution in [0.15, 0.2) is 0 Å². The van der Waals surface area contributed by atoms with Gasteiger partial charge in [-0.2, -0.15) is 0 Å². The van der Waals surface area contributed by atoms with E-state index in [1.54, 1.807) is 0 Å². The van der Waals surface area contributed by atoms with Crippen LogP contribution in [0.3, 0.4) is 0 Å². The molecule has 0 bridgehead atoms. The fourth-order valence-electron chi connectivity index (χ4n) is 2.55. The van der Waals surface area contributed by atoms with Crippen molar-refractivity contribution in [1.82, 2.24) is 15.1 Å². The highest BCUT2D eigenvalue weighted by molar-refractivity contribution is 5.76. The molecule has 5 heteroatoms. The Balaban J connectivity index is 2.58. The Morgan fingerprint density at radius 3 is 2.47 bits per heavy atom. The van der Waals surface area contributed by atoms with Crippen molar-refractivity contribution >= 4 is 5.91 Å². The van der Waals surface area contributed by atoms with Crippen LogP contribution in [0.1, 0.15) is 34.1 Å². The zero-order chi connectivity index (χ0) is 14.6. The summed E-state index contributed by atoms with van der Waals surface area (Å²) in [6, 6.07) is 0.335. The molecular formula is C14H30N4O. The molecule has 0 spiro atoms. The normalized spacial score (nSPS) is 22.5. The smallest absolute Gasteiger partial charge is 0.221 e. The lowest BCUT2D eigenvalue weighted by Crippen LogP contribution is -2.61. The highest BCUT2D eigenvalue weighted by Gasteiger charge is 2.34. The molecule has 1 amide bonds. The molecule has 0 aromatic rings. The Bertz CT molecular complexity index is 304.